The molecule has 0 radical (unpaired) electrons. The largest absolute Gasteiger partial charge is 0.497 e. The fraction of sp³-hybridized carbons (Fsp3) is 0.533. The summed E-state index contributed by atoms with van der Waals surface area (Å²) in [6, 6.07) is 5.92. The predicted octanol–water partition coefficient (Wildman–Crippen LogP) is 2.96. The van der Waals surface area contributed by atoms with Crippen molar-refractivity contribution in [1.29, 1.82) is 0 Å². The van der Waals surface area contributed by atoms with E-state index in [0.29, 0.717) is 4.99 Å². The quantitative estimate of drug-likeness (QED) is 0.859. The number of nitrogens with zero attached hydrogens (tertiary/aromatic N) is 1. The lowest BCUT2D eigenvalue weighted by molar-refractivity contribution is 0.393. The van der Waals surface area contributed by atoms with Crippen molar-refractivity contribution < 1.29 is 4.74 Å². The average molecular weight is 278 g/mol. The van der Waals surface area contributed by atoms with Crippen LogP contribution in [-0.2, 0) is 0 Å². The van der Waals surface area contributed by atoms with Crippen LogP contribution in [0.25, 0.3) is 0 Å². The summed E-state index contributed by atoms with van der Waals surface area (Å²) < 4.78 is 5.31. The normalized spacial score (nSPS) is 16.4. The van der Waals surface area contributed by atoms with Gasteiger partial charge >= 0.3 is 0 Å². The molecule has 1 aromatic carbocycles. The number of ether oxygens (including phenoxy) is 1. The Balaban J connectivity index is 2.24. The molecule has 0 aliphatic carbocycles. The number of nitrogens with two attached hydrogens (primary N) is 1. The number of hydrogen-bond donors (Lipinski definition) is 1. The summed E-state index contributed by atoms with van der Waals surface area (Å²) in [7, 11) is 1.68. The molecule has 1 aromatic rings. The Hall–Kier alpha value is -1.29. The summed E-state index contributed by atoms with van der Waals surface area (Å²) in [5.74, 6) is 1.71. The summed E-state index contributed by atoms with van der Waals surface area (Å²) in [5.41, 5.74) is 7.89. The van der Waals surface area contributed by atoms with Gasteiger partial charge in [0.1, 0.15) is 10.7 Å². The maximum atomic E-state index is 5.83. The van der Waals surface area contributed by atoms with Crippen molar-refractivity contribution in [2.75, 3.05) is 25.1 Å². The SMILES string of the molecule is CCC1CCN(c2cc(OC)ccc2C(N)=S)CC1. The van der Waals surface area contributed by atoms with E-state index < -0.39 is 0 Å². The average Bonchev–Trinajstić information content (AvgIpc) is 2.46. The summed E-state index contributed by atoms with van der Waals surface area (Å²) in [6.45, 7) is 4.41. The third-order valence-corrected chi connectivity index (χ3v) is 4.22. The number of thiocarbonyl (C=S) groups is 1. The summed E-state index contributed by atoms with van der Waals surface area (Å²) in [5, 5.41) is 0. The lowest BCUT2D eigenvalue weighted by atomic mass is 9.93. The Labute approximate surface area is 120 Å². The van der Waals surface area contributed by atoms with E-state index in [9.17, 15) is 0 Å². The lowest BCUT2D eigenvalue weighted by Crippen LogP contribution is -2.34. The smallest absolute Gasteiger partial charge is 0.120 e. The molecule has 1 aliphatic rings. The van der Waals surface area contributed by atoms with Crippen LogP contribution in [0.3, 0.4) is 0 Å². The topological polar surface area (TPSA) is 38.5 Å². The fourth-order valence-electron chi connectivity index (χ4n) is 2.69. The van der Waals surface area contributed by atoms with E-state index in [0.717, 1.165) is 36.0 Å². The highest BCUT2D eigenvalue weighted by Crippen LogP contribution is 2.30. The van der Waals surface area contributed by atoms with E-state index in [1.54, 1.807) is 7.11 Å². The van der Waals surface area contributed by atoms with Gasteiger partial charge in [-0.3, -0.25) is 0 Å². The van der Waals surface area contributed by atoms with Crippen LogP contribution in [0.2, 0.25) is 0 Å². The summed E-state index contributed by atoms with van der Waals surface area (Å²) >= 11 is 5.15. The zero-order chi connectivity index (χ0) is 13.8. The van der Waals surface area contributed by atoms with Crippen LogP contribution in [0, 0.1) is 5.92 Å². The van der Waals surface area contributed by atoms with Gasteiger partial charge in [-0.2, -0.15) is 0 Å². The second-order valence-electron chi connectivity index (χ2n) is 5.09. The van der Waals surface area contributed by atoms with Gasteiger partial charge in [0.25, 0.3) is 0 Å². The van der Waals surface area contributed by atoms with Gasteiger partial charge in [-0.05, 0) is 30.9 Å². The first-order valence-electron chi connectivity index (χ1n) is 6.88. The van der Waals surface area contributed by atoms with E-state index in [2.05, 4.69) is 11.8 Å². The number of methoxy groups -OCH3 is 1. The zero-order valence-corrected chi connectivity index (χ0v) is 12.5. The standard InChI is InChI=1S/C15H22N2OS/c1-3-11-6-8-17(9-7-11)14-10-12(18-2)4-5-13(14)15(16)19/h4-5,10-11H,3,6-9H2,1-2H3,(H2,16,19). The van der Waals surface area contributed by atoms with E-state index in [-0.39, 0.29) is 0 Å². The van der Waals surface area contributed by atoms with Gasteiger partial charge in [0, 0.05) is 24.7 Å². The molecular weight excluding hydrogens is 256 g/mol. The van der Waals surface area contributed by atoms with Crippen LogP contribution < -0.4 is 15.4 Å². The lowest BCUT2D eigenvalue weighted by Gasteiger charge is -2.34. The monoisotopic (exact) mass is 278 g/mol. The van der Waals surface area contributed by atoms with Crippen molar-refractivity contribution in [2.45, 2.75) is 26.2 Å². The van der Waals surface area contributed by atoms with Gasteiger partial charge < -0.3 is 15.4 Å². The summed E-state index contributed by atoms with van der Waals surface area (Å²) in [4.78, 5) is 2.83. The molecule has 0 aromatic heterocycles. The Kier molecular flexibility index (Phi) is 4.64. The maximum absolute atomic E-state index is 5.83. The molecule has 1 heterocycles. The molecule has 0 unspecified atom stereocenters. The third-order valence-electron chi connectivity index (χ3n) is 4.00. The molecule has 0 bridgehead atoms. The van der Waals surface area contributed by atoms with Crippen molar-refractivity contribution >= 4 is 22.9 Å². The van der Waals surface area contributed by atoms with Crippen molar-refractivity contribution in [3.63, 3.8) is 0 Å². The Morgan fingerprint density at radius 3 is 2.63 bits per heavy atom. The molecule has 0 saturated carbocycles. The number of benzene rings is 1. The summed E-state index contributed by atoms with van der Waals surface area (Å²) in [6.07, 6.45) is 3.75. The van der Waals surface area contributed by atoms with E-state index in [1.807, 2.05) is 18.2 Å². The predicted molar refractivity (Wildman–Crippen MR) is 84.1 cm³/mol. The van der Waals surface area contributed by atoms with Gasteiger partial charge in [-0.15, -0.1) is 0 Å². The van der Waals surface area contributed by atoms with E-state index in [4.69, 9.17) is 22.7 Å². The van der Waals surface area contributed by atoms with Crippen LogP contribution >= 0.6 is 12.2 Å². The van der Waals surface area contributed by atoms with Crippen molar-refractivity contribution in [2.24, 2.45) is 11.7 Å². The van der Waals surface area contributed by atoms with Crippen molar-refractivity contribution in [3.05, 3.63) is 23.8 Å². The first-order valence-corrected chi connectivity index (χ1v) is 7.29. The maximum Gasteiger partial charge on any atom is 0.120 e. The van der Waals surface area contributed by atoms with Crippen LogP contribution in [0.15, 0.2) is 18.2 Å². The zero-order valence-electron chi connectivity index (χ0n) is 11.7. The Bertz CT molecular complexity index is 453. The Morgan fingerprint density at radius 1 is 1.42 bits per heavy atom. The van der Waals surface area contributed by atoms with Gasteiger partial charge in [0.2, 0.25) is 0 Å². The molecular formula is C15H22N2OS. The molecule has 104 valence electrons. The number of piperidine rings is 1. The minimum atomic E-state index is 0.454. The van der Waals surface area contributed by atoms with Crippen LogP contribution in [0.1, 0.15) is 31.7 Å². The van der Waals surface area contributed by atoms with E-state index in [1.165, 1.54) is 19.3 Å². The molecule has 3 nitrogen and oxygen atoms in total. The highest BCUT2D eigenvalue weighted by atomic mass is 32.1. The first kappa shape index (κ1) is 14.1. The molecule has 2 N–H and O–H groups in total. The van der Waals surface area contributed by atoms with Crippen LogP contribution in [0.5, 0.6) is 5.75 Å². The van der Waals surface area contributed by atoms with E-state index >= 15 is 0 Å². The highest BCUT2D eigenvalue weighted by molar-refractivity contribution is 7.80. The molecule has 0 atom stereocenters. The molecule has 0 amide bonds. The number of hydrogen-bond acceptors (Lipinski definition) is 3. The number of rotatable bonds is 4. The second-order valence-corrected chi connectivity index (χ2v) is 5.53. The minimum Gasteiger partial charge on any atom is -0.497 e. The fourth-order valence-corrected chi connectivity index (χ4v) is 2.86. The molecule has 4 heteroatoms. The Morgan fingerprint density at radius 2 is 2.11 bits per heavy atom. The van der Waals surface area contributed by atoms with Crippen molar-refractivity contribution in [3.8, 4) is 5.75 Å². The van der Waals surface area contributed by atoms with Gasteiger partial charge in [-0.25, -0.2) is 0 Å². The first-order chi connectivity index (χ1) is 9.15. The molecule has 2 rings (SSSR count). The van der Waals surface area contributed by atoms with Crippen LogP contribution in [-0.4, -0.2) is 25.2 Å². The van der Waals surface area contributed by atoms with Crippen molar-refractivity contribution in [1.82, 2.24) is 0 Å². The molecule has 1 fully saturated rings. The second kappa shape index (κ2) is 6.24. The highest BCUT2D eigenvalue weighted by Gasteiger charge is 2.21. The third kappa shape index (κ3) is 3.18. The van der Waals surface area contributed by atoms with Gasteiger partial charge in [0.15, 0.2) is 0 Å². The molecule has 1 aliphatic heterocycles. The van der Waals surface area contributed by atoms with Gasteiger partial charge in [0.05, 0.1) is 12.8 Å². The molecule has 0 spiro atoms. The minimum absolute atomic E-state index is 0.454. The molecule has 1 saturated heterocycles. The number of anilines is 1. The van der Waals surface area contributed by atoms with Crippen LogP contribution in [0.4, 0.5) is 5.69 Å². The van der Waals surface area contributed by atoms with Gasteiger partial charge in [-0.1, -0.05) is 25.6 Å². The molecule has 19 heavy (non-hydrogen) atoms.